The van der Waals surface area contributed by atoms with Gasteiger partial charge >= 0.3 is 4.87 Å². The number of aromatic nitrogens is 1. The molecule has 0 saturated carbocycles. The van der Waals surface area contributed by atoms with E-state index in [4.69, 9.17) is 4.74 Å². The van der Waals surface area contributed by atoms with E-state index in [-0.39, 0.29) is 10.3 Å². The Hall–Kier alpha value is -1.80. The minimum Gasteiger partial charge on any atom is -0.491 e. The van der Waals surface area contributed by atoms with Crippen LogP contribution in [0.15, 0.2) is 33.3 Å². The summed E-state index contributed by atoms with van der Waals surface area (Å²) in [5.41, 5.74) is 0.739. The van der Waals surface area contributed by atoms with Crippen LogP contribution in [-0.4, -0.2) is 19.5 Å². The Morgan fingerprint density at radius 2 is 1.86 bits per heavy atom. The van der Waals surface area contributed by atoms with Gasteiger partial charge in [-0.3, -0.25) is 9.52 Å². The van der Waals surface area contributed by atoms with Gasteiger partial charge in [0.15, 0.2) is 4.21 Å². The second kappa shape index (κ2) is 5.90. The molecule has 2 aromatic rings. The summed E-state index contributed by atoms with van der Waals surface area (Å²) >= 11 is 0.666. The number of rotatable bonds is 5. The molecule has 2 N–H and O–H groups in total. The van der Waals surface area contributed by atoms with Crippen LogP contribution in [0.4, 0.5) is 5.69 Å². The number of sulfonamides is 1. The van der Waals surface area contributed by atoms with Gasteiger partial charge in [0.25, 0.3) is 10.0 Å². The van der Waals surface area contributed by atoms with Gasteiger partial charge in [-0.1, -0.05) is 11.3 Å². The van der Waals surface area contributed by atoms with Crippen molar-refractivity contribution >= 4 is 27.0 Å². The van der Waals surface area contributed by atoms with Gasteiger partial charge in [0.2, 0.25) is 0 Å². The number of benzene rings is 1. The molecule has 1 heterocycles. The van der Waals surface area contributed by atoms with Crippen LogP contribution in [0.2, 0.25) is 0 Å². The van der Waals surface area contributed by atoms with Crippen LogP contribution in [0.1, 0.15) is 19.5 Å². The summed E-state index contributed by atoms with van der Waals surface area (Å²) in [4.78, 5) is 13.3. The maximum atomic E-state index is 12.2. The summed E-state index contributed by atoms with van der Waals surface area (Å²) in [6, 6.07) is 6.59. The van der Waals surface area contributed by atoms with Crippen molar-refractivity contribution in [2.24, 2.45) is 0 Å². The standard InChI is InChI=1S/C13H16N2O4S2/c1-8(2)19-11-6-4-10(5-7-11)15-21(17,18)12-9(3)14-13(16)20-12/h4-8,15H,1-3H3,(H,14,16). The first kappa shape index (κ1) is 15.6. The highest BCUT2D eigenvalue weighted by atomic mass is 32.2. The molecule has 6 nitrogen and oxygen atoms in total. The molecule has 114 valence electrons. The fourth-order valence-corrected chi connectivity index (χ4v) is 4.08. The van der Waals surface area contributed by atoms with Crippen molar-refractivity contribution in [2.75, 3.05) is 4.72 Å². The van der Waals surface area contributed by atoms with Gasteiger partial charge in [-0.2, -0.15) is 0 Å². The molecule has 0 saturated heterocycles. The number of aromatic amines is 1. The Bertz CT molecular complexity index is 773. The van der Waals surface area contributed by atoms with Crippen molar-refractivity contribution in [3.8, 4) is 5.75 Å². The second-order valence-corrected chi connectivity index (χ2v) is 7.58. The number of hydrogen-bond acceptors (Lipinski definition) is 5. The summed E-state index contributed by atoms with van der Waals surface area (Å²) < 4.78 is 32.3. The predicted octanol–water partition coefficient (Wildman–Crippen LogP) is 2.33. The first-order valence-electron chi connectivity index (χ1n) is 6.27. The molecular formula is C13H16N2O4S2. The van der Waals surface area contributed by atoms with Crippen LogP contribution in [0, 0.1) is 6.92 Å². The third-order valence-corrected chi connectivity index (χ3v) is 5.49. The predicted molar refractivity (Wildman–Crippen MR) is 82.7 cm³/mol. The number of ether oxygens (including phenoxy) is 1. The lowest BCUT2D eigenvalue weighted by atomic mass is 10.3. The van der Waals surface area contributed by atoms with E-state index in [2.05, 4.69) is 9.71 Å². The first-order valence-corrected chi connectivity index (χ1v) is 8.57. The van der Waals surface area contributed by atoms with Gasteiger partial charge in [-0.15, -0.1) is 0 Å². The van der Waals surface area contributed by atoms with Crippen molar-refractivity contribution < 1.29 is 13.2 Å². The van der Waals surface area contributed by atoms with Gasteiger partial charge in [0.1, 0.15) is 5.75 Å². The smallest absolute Gasteiger partial charge is 0.306 e. The van der Waals surface area contributed by atoms with E-state index in [0.29, 0.717) is 28.5 Å². The van der Waals surface area contributed by atoms with Gasteiger partial charge in [0, 0.05) is 11.4 Å². The van der Waals surface area contributed by atoms with Crippen LogP contribution >= 0.6 is 11.3 Å². The van der Waals surface area contributed by atoms with Crippen LogP contribution in [0.5, 0.6) is 5.75 Å². The average Bonchev–Trinajstić information content (AvgIpc) is 2.71. The van der Waals surface area contributed by atoms with Gasteiger partial charge in [-0.25, -0.2) is 8.42 Å². The van der Waals surface area contributed by atoms with E-state index in [0.717, 1.165) is 0 Å². The lowest BCUT2D eigenvalue weighted by molar-refractivity contribution is 0.242. The molecule has 0 radical (unpaired) electrons. The minimum atomic E-state index is -3.76. The van der Waals surface area contributed by atoms with Crippen LogP contribution in [-0.2, 0) is 10.0 Å². The highest BCUT2D eigenvalue weighted by Crippen LogP contribution is 2.22. The molecular weight excluding hydrogens is 312 g/mol. The largest absolute Gasteiger partial charge is 0.491 e. The molecule has 0 aliphatic rings. The zero-order valence-corrected chi connectivity index (χ0v) is 13.5. The molecule has 0 atom stereocenters. The molecule has 1 aromatic carbocycles. The third kappa shape index (κ3) is 3.85. The number of hydrogen-bond donors (Lipinski definition) is 2. The molecule has 1 aromatic heterocycles. The second-order valence-electron chi connectivity index (χ2n) is 4.72. The maximum absolute atomic E-state index is 12.2. The first-order chi connectivity index (χ1) is 9.78. The Morgan fingerprint density at radius 1 is 1.24 bits per heavy atom. The molecule has 0 fully saturated rings. The summed E-state index contributed by atoms with van der Waals surface area (Å²) in [7, 11) is -3.76. The summed E-state index contributed by atoms with van der Waals surface area (Å²) in [6.45, 7) is 5.37. The normalized spacial score (nSPS) is 11.6. The van der Waals surface area contributed by atoms with E-state index in [1.165, 1.54) is 0 Å². The lowest BCUT2D eigenvalue weighted by Gasteiger charge is -2.11. The molecule has 0 unspecified atom stereocenters. The zero-order valence-electron chi connectivity index (χ0n) is 11.8. The molecule has 2 rings (SSSR count). The number of anilines is 1. The van der Waals surface area contributed by atoms with E-state index in [9.17, 15) is 13.2 Å². The quantitative estimate of drug-likeness (QED) is 0.882. The number of H-pyrrole nitrogens is 1. The Morgan fingerprint density at radius 3 is 2.33 bits per heavy atom. The van der Waals surface area contributed by atoms with Crippen molar-refractivity contribution in [1.82, 2.24) is 4.98 Å². The van der Waals surface area contributed by atoms with Crippen LogP contribution in [0.3, 0.4) is 0 Å². The SMILES string of the molecule is Cc1[nH]c(=O)sc1S(=O)(=O)Nc1ccc(OC(C)C)cc1. The van der Waals surface area contributed by atoms with E-state index in [1.807, 2.05) is 13.8 Å². The molecule has 8 heteroatoms. The van der Waals surface area contributed by atoms with Gasteiger partial charge < -0.3 is 9.72 Å². The number of thiazole rings is 1. The third-order valence-electron chi connectivity index (χ3n) is 2.50. The van der Waals surface area contributed by atoms with Crippen molar-refractivity contribution in [3.05, 3.63) is 39.6 Å². The average molecular weight is 328 g/mol. The fourth-order valence-electron chi connectivity index (χ4n) is 1.72. The lowest BCUT2D eigenvalue weighted by Crippen LogP contribution is -2.12. The Labute approximate surface area is 126 Å². The van der Waals surface area contributed by atoms with Crippen molar-refractivity contribution in [3.63, 3.8) is 0 Å². The minimum absolute atomic E-state index is 0.00462. The van der Waals surface area contributed by atoms with Crippen LogP contribution in [0.25, 0.3) is 0 Å². The Kier molecular flexibility index (Phi) is 4.38. The molecule has 0 amide bonds. The molecule has 0 bridgehead atoms. The topological polar surface area (TPSA) is 88.3 Å². The van der Waals surface area contributed by atoms with E-state index in [1.54, 1.807) is 31.2 Å². The Balaban J connectivity index is 2.21. The highest BCUT2D eigenvalue weighted by Gasteiger charge is 2.20. The van der Waals surface area contributed by atoms with E-state index < -0.39 is 14.9 Å². The summed E-state index contributed by atoms with van der Waals surface area (Å²) in [5.74, 6) is 0.662. The molecule has 0 aliphatic heterocycles. The van der Waals surface area contributed by atoms with E-state index >= 15 is 0 Å². The van der Waals surface area contributed by atoms with Crippen LogP contribution < -0.4 is 14.3 Å². The molecule has 0 aliphatic carbocycles. The van der Waals surface area contributed by atoms with Crippen molar-refractivity contribution in [1.29, 1.82) is 0 Å². The summed E-state index contributed by atoms with van der Waals surface area (Å²) in [6.07, 6.45) is 0.0484. The zero-order chi connectivity index (χ0) is 15.6. The molecule has 21 heavy (non-hydrogen) atoms. The maximum Gasteiger partial charge on any atom is 0.306 e. The summed E-state index contributed by atoms with van der Waals surface area (Å²) in [5, 5.41) is 0. The molecule has 0 spiro atoms. The number of nitrogens with one attached hydrogen (secondary N) is 2. The number of aryl methyl sites for hydroxylation is 1. The highest BCUT2D eigenvalue weighted by molar-refractivity contribution is 7.94. The monoisotopic (exact) mass is 328 g/mol. The van der Waals surface area contributed by atoms with Gasteiger partial charge in [-0.05, 0) is 45.0 Å². The fraction of sp³-hybridized carbons (Fsp3) is 0.308. The van der Waals surface area contributed by atoms with Crippen molar-refractivity contribution in [2.45, 2.75) is 31.1 Å². The van der Waals surface area contributed by atoms with Gasteiger partial charge in [0.05, 0.1) is 6.10 Å².